The maximum atomic E-state index is 11.9. The van der Waals surface area contributed by atoms with E-state index in [9.17, 15) is 47.9 Å². The van der Waals surface area contributed by atoms with Crippen molar-refractivity contribution in [2.24, 2.45) is 11.5 Å². The van der Waals surface area contributed by atoms with Crippen LogP contribution in [0.3, 0.4) is 0 Å². The number of hydrogen-bond acceptors (Lipinski definition) is 24. The standard InChI is InChI=1S/C15H14Cl2N2O2.C14H12Cl2N2O3.C8H9BrN2O3.C8H10N2O3.C6H5BCl2O2.C6H8O4.C3H10N2/c1-4-21-15(20)14-9(3)18-8(2)13(19-14)10-6-5-7-11(16)12(10)17;1-3-21-14(20)12-13(19)17-7(2)11(18-12)8-5-4-6-9(15)10(8)16;1-3-14-8(13)5-7(12)10-4(2)6(9)11-5;1-3-13-8(12)6-7(11)10-5(2)4-9-6;8-5-3-1-2-4(6(5)9)7(10)11;1-3-10-6(9)5(8)4(2)7;1-3(5)2-4/h5-7H,4H2,1-3H3;4-6H,3H2,1-2H3,(H,17,19);3H2,1-2H3,(H,10,12);4H,3H2,1-2H3,(H,10,11);1-3,10-11H;3H2,1-2H3;3H,2,4-5H2,1H3. The Bertz CT molecular complexity index is 4010. The molecule has 1 atom stereocenters. The van der Waals surface area contributed by atoms with Crippen LogP contribution < -0.4 is 33.6 Å². The third-order valence-electron chi connectivity index (χ3n) is 11.0. The van der Waals surface area contributed by atoms with Crippen LogP contribution in [0.1, 0.15) is 119 Å². The van der Waals surface area contributed by atoms with Gasteiger partial charge in [0.05, 0.1) is 85.9 Å². The number of nitrogens with one attached hydrogen (secondary N) is 3. The molecule has 0 aliphatic rings. The number of aromatic nitrogens is 8. The number of Topliss-reactive ketones (excluding diaryl/α,β-unsaturated/α-hetero) is 2. The Morgan fingerprint density at radius 3 is 1.36 bits per heavy atom. The second-order valence-electron chi connectivity index (χ2n) is 18.5. The van der Waals surface area contributed by atoms with Crippen LogP contribution in [0.5, 0.6) is 0 Å². The van der Waals surface area contributed by atoms with Crippen molar-refractivity contribution in [3.05, 3.63) is 178 Å². The number of H-pyrrole nitrogens is 3. The number of nitrogens with two attached hydrogens (primary N) is 2. The summed E-state index contributed by atoms with van der Waals surface area (Å²) in [6, 6.07) is 15.1. The van der Waals surface area contributed by atoms with Crippen molar-refractivity contribution in [2.45, 2.75) is 89.1 Å². The lowest BCUT2D eigenvalue weighted by Crippen LogP contribution is -2.30. The van der Waals surface area contributed by atoms with Crippen molar-refractivity contribution >= 4 is 140 Å². The van der Waals surface area contributed by atoms with Crippen LogP contribution in [0, 0.1) is 34.6 Å². The molecule has 95 heavy (non-hydrogen) atoms. The fraction of sp³-hybridized carbons (Fsp3) is 0.317. The zero-order valence-electron chi connectivity index (χ0n) is 53.2. The largest absolute Gasteiger partial charge is 0.490 e. The third kappa shape index (κ3) is 27.8. The van der Waals surface area contributed by atoms with E-state index >= 15 is 0 Å². The minimum atomic E-state index is -1.57. The van der Waals surface area contributed by atoms with E-state index in [1.165, 1.54) is 12.3 Å². The summed E-state index contributed by atoms with van der Waals surface area (Å²) in [4.78, 5) is 139. The minimum absolute atomic E-state index is 0.109. The Balaban J connectivity index is 0.000000573. The second kappa shape index (κ2) is 43.3. The Hall–Kier alpha value is -7.81. The Kier molecular flexibility index (Phi) is 38.8. The Morgan fingerprint density at radius 1 is 0.547 bits per heavy atom. The lowest BCUT2D eigenvalue weighted by Gasteiger charge is -2.11. The molecule has 0 aliphatic carbocycles. The molecule has 0 fully saturated rings. The van der Waals surface area contributed by atoms with E-state index in [1.807, 2.05) is 13.8 Å². The van der Waals surface area contributed by atoms with Gasteiger partial charge in [-0.2, -0.15) is 0 Å². The van der Waals surface area contributed by atoms with Gasteiger partial charge in [0.2, 0.25) is 22.9 Å². The topological polar surface area (TPSA) is 421 Å². The van der Waals surface area contributed by atoms with Gasteiger partial charge in [0.1, 0.15) is 4.60 Å². The summed E-state index contributed by atoms with van der Waals surface area (Å²) in [7, 11) is -1.57. The van der Waals surface area contributed by atoms with Crippen LogP contribution in [0.25, 0.3) is 22.5 Å². The molecule has 7 rings (SSSR count). The maximum absolute atomic E-state index is 11.9. The molecule has 0 spiro atoms. The molecule has 1 unspecified atom stereocenters. The number of esters is 5. The van der Waals surface area contributed by atoms with Crippen molar-refractivity contribution in [2.75, 3.05) is 39.6 Å². The highest BCUT2D eigenvalue weighted by molar-refractivity contribution is 9.10. The van der Waals surface area contributed by atoms with Crippen LogP contribution in [0.4, 0.5) is 0 Å². The lowest BCUT2D eigenvalue weighted by atomic mass is 9.80. The van der Waals surface area contributed by atoms with E-state index in [-0.39, 0.29) is 72.3 Å². The van der Waals surface area contributed by atoms with Crippen molar-refractivity contribution < 1.29 is 67.3 Å². The van der Waals surface area contributed by atoms with Gasteiger partial charge in [-0.15, -0.1) is 0 Å². The van der Waals surface area contributed by atoms with Gasteiger partial charge in [-0.05, 0) is 110 Å². The smallest absolute Gasteiger partial charge is 0.461 e. The highest BCUT2D eigenvalue weighted by Gasteiger charge is 2.23. The summed E-state index contributed by atoms with van der Waals surface area (Å²) in [6.45, 7) is 21.3. The lowest BCUT2D eigenvalue weighted by molar-refractivity contribution is -0.156. The highest BCUT2D eigenvalue weighted by Crippen LogP contribution is 2.35. The molecule has 0 saturated carbocycles. The first kappa shape index (κ1) is 85.2. The average Bonchev–Trinajstić information content (AvgIpc) is 0.809. The van der Waals surface area contributed by atoms with Crippen LogP contribution in [-0.4, -0.2) is 144 Å². The number of aromatic amines is 3. The quantitative estimate of drug-likeness (QED) is 0.0166. The molecule has 0 radical (unpaired) electrons. The fourth-order valence-electron chi connectivity index (χ4n) is 6.53. The van der Waals surface area contributed by atoms with Crippen LogP contribution in [0.15, 0.2) is 79.8 Å². The van der Waals surface area contributed by atoms with Crippen molar-refractivity contribution in [3.63, 3.8) is 0 Å². The molecule has 3 aromatic carbocycles. The molecular weight excluding hydrogens is 1440 g/mol. The Labute approximate surface area is 583 Å². The van der Waals surface area contributed by atoms with Crippen molar-refractivity contribution in [3.8, 4) is 22.5 Å². The van der Waals surface area contributed by atoms with Gasteiger partial charge < -0.3 is 60.2 Å². The van der Waals surface area contributed by atoms with Crippen LogP contribution in [-0.2, 0) is 38.1 Å². The summed E-state index contributed by atoms with van der Waals surface area (Å²) < 4.78 is 23.8. The number of aryl methyl sites for hydroxylation is 5. The summed E-state index contributed by atoms with van der Waals surface area (Å²) in [5, 5.41) is 19.5. The molecule has 9 N–H and O–H groups in total. The van der Waals surface area contributed by atoms with Gasteiger partial charge in [-0.25, -0.2) is 43.9 Å². The minimum Gasteiger partial charge on any atom is -0.461 e. The summed E-state index contributed by atoms with van der Waals surface area (Å²) >= 11 is 38.7. The summed E-state index contributed by atoms with van der Waals surface area (Å²) in [6.07, 6.45) is 1.41. The molecule has 35 heteroatoms. The number of carbonyl (C=O) groups excluding carboxylic acids is 7. The van der Waals surface area contributed by atoms with Gasteiger partial charge in [0.25, 0.3) is 16.7 Å². The average molecular weight is 1500 g/mol. The monoisotopic (exact) mass is 1500 g/mol. The number of rotatable bonds is 15. The second-order valence-corrected chi connectivity index (χ2v) is 21.6. The summed E-state index contributed by atoms with van der Waals surface area (Å²) in [5.41, 5.74) is 13.2. The first-order valence-electron chi connectivity index (χ1n) is 27.9. The molecule has 4 aromatic heterocycles. The van der Waals surface area contributed by atoms with E-state index in [4.69, 9.17) is 101 Å². The van der Waals surface area contributed by atoms with Crippen molar-refractivity contribution in [1.29, 1.82) is 0 Å². The molecule has 4 heterocycles. The molecule has 0 amide bonds. The van der Waals surface area contributed by atoms with E-state index in [2.05, 4.69) is 70.0 Å². The van der Waals surface area contributed by atoms with E-state index in [1.54, 1.807) is 111 Å². The summed E-state index contributed by atoms with van der Waals surface area (Å²) in [5.74, 6) is -5.64. The molecular formula is C60H68BBrCl6N10O17. The molecule has 0 aliphatic heterocycles. The number of nitrogens with zero attached hydrogens (tertiary/aromatic N) is 5. The van der Waals surface area contributed by atoms with Crippen LogP contribution >= 0.6 is 85.5 Å². The zero-order valence-corrected chi connectivity index (χ0v) is 59.3. The highest BCUT2D eigenvalue weighted by atomic mass is 79.9. The van der Waals surface area contributed by atoms with Crippen molar-refractivity contribution in [1.82, 2.24) is 39.9 Å². The van der Waals surface area contributed by atoms with E-state index in [0.717, 1.165) is 6.92 Å². The predicted molar refractivity (Wildman–Crippen MR) is 364 cm³/mol. The molecule has 27 nitrogen and oxygen atoms in total. The van der Waals surface area contributed by atoms with Gasteiger partial charge >= 0.3 is 42.7 Å². The maximum Gasteiger partial charge on any atom is 0.490 e. The van der Waals surface area contributed by atoms with Gasteiger partial charge in [-0.3, -0.25) is 29.0 Å². The third-order valence-corrected chi connectivity index (χ3v) is 14.2. The normalized spacial score (nSPS) is 10.3. The molecule has 7 aromatic rings. The first-order chi connectivity index (χ1) is 44.6. The number of ether oxygens (including phenoxy) is 5. The number of hydrogen-bond donors (Lipinski definition) is 7. The van der Waals surface area contributed by atoms with Gasteiger partial charge in [-0.1, -0.05) is 106 Å². The number of halogens is 7. The number of carbonyl (C=O) groups is 7. The molecule has 0 saturated heterocycles. The molecule has 0 bridgehead atoms. The van der Waals surface area contributed by atoms with E-state index < -0.39 is 65.2 Å². The number of benzene rings is 3. The molecule has 512 valence electrons. The van der Waals surface area contributed by atoms with E-state index in [0.29, 0.717) is 87.2 Å². The predicted octanol–water partition coefficient (Wildman–Crippen LogP) is 8.42. The zero-order chi connectivity index (χ0) is 72.6. The van der Waals surface area contributed by atoms with Gasteiger partial charge in [0, 0.05) is 59.4 Å². The van der Waals surface area contributed by atoms with Gasteiger partial charge in [0.15, 0.2) is 5.69 Å². The fourth-order valence-corrected chi connectivity index (χ4v) is 8.00. The Morgan fingerprint density at radius 2 is 0.937 bits per heavy atom. The SMILES string of the molecule is CC(N)CN.CCOC(=O)C(=O)C(C)=O.CCOC(=O)c1nc(-c2cccc(Cl)c2Cl)c(C)[nH]c1=O.CCOC(=O)c1nc(-c2cccc(Cl)c2Cl)c(C)nc1C.CCOC(=O)c1nc(Br)c(C)[nH]c1=O.CCOC(=O)c1ncc(C)[nH]c1=O.OB(O)c1cccc(Cl)c1Cl. The van der Waals surface area contributed by atoms with Crippen LogP contribution in [0.2, 0.25) is 30.1 Å². The number of ketones is 2. The first-order valence-corrected chi connectivity index (χ1v) is 31.0.